The minimum absolute atomic E-state index is 0.103. The van der Waals surface area contributed by atoms with Crippen molar-refractivity contribution in [3.63, 3.8) is 0 Å². The Labute approximate surface area is 342 Å². The predicted octanol–water partition coefficient (Wildman–Crippen LogP) is 14.9. The second kappa shape index (κ2) is 12.2. The van der Waals surface area contributed by atoms with Crippen LogP contribution in [0.1, 0.15) is 22.3 Å². The third-order valence-corrected chi connectivity index (χ3v) is 13.2. The quantitative estimate of drug-likeness (QED) is 0.164. The summed E-state index contributed by atoms with van der Waals surface area (Å²) < 4.78 is 2.37. The Balaban J connectivity index is 0.852. The number of rotatable bonds is 6. The molecule has 2 aliphatic rings. The van der Waals surface area contributed by atoms with Crippen LogP contribution in [0, 0.1) is 0 Å². The Morgan fingerprint density at radius 3 is 1.61 bits per heavy atom. The van der Waals surface area contributed by atoms with E-state index in [0.717, 1.165) is 17.1 Å². The fourth-order valence-corrected chi connectivity index (χ4v) is 10.6. The number of hydrogen-bond acceptors (Lipinski definition) is 1. The molecule has 1 spiro atoms. The van der Waals surface area contributed by atoms with Gasteiger partial charge in [-0.1, -0.05) is 152 Å². The van der Waals surface area contributed by atoms with Crippen molar-refractivity contribution >= 4 is 60.4 Å². The highest BCUT2D eigenvalue weighted by Gasteiger charge is 2.54. The molecule has 0 bridgehead atoms. The van der Waals surface area contributed by atoms with Crippen molar-refractivity contribution in [3.05, 3.63) is 241 Å². The topological polar surface area (TPSA) is 8.17 Å². The van der Waals surface area contributed by atoms with Crippen LogP contribution in [0.25, 0.3) is 71.3 Å². The lowest BCUT2D eigenvalue weighted by atomic mass is 9.49. The Bertz CT molecular complexity index is 3420. The Kier molecular flexibility index (Phi) is 6.68. The Hall–Kier alpha value is -7.68. The average molecular weight is 749 g/mol. The maximum Gasteiger partial charge on any atom is 0.0725 e. The standard InChI is InChI=1S/C57H36N2/c1-3-14-41(15-4-1)58(43-29-24-37(25-30-43)40-28-35-54-48(36-40)46-18-7-8-23-53(46)59(54)42-16-5-2-6-17-42)44-31-26-38(27-32-44)45-33-34-52-56-47(45)19-11-22-51(56)57(52)49-20-9-12-39-13-10-21-50(57)55(39)49/h1-36H. The van der Waals surface area contributed by atoms with E-state index < -0.39 is 0 Å². The first-order chi connectivity index (χ1) is 29.3. The van der Waals surface area contributed by atoms with E-state index in [1.54, 1.807) is 0 Å². The van der Waals surface area contributed by atoms with Gasteiger partial charge in [0, 0.05) is 33.5 Å². The van der Waals surface area contributed by atoms with E-state index in [0.29, 0.717) is 0 Å². The molecule has 1 aromatic heterocycles. The van der Waals surface area contributed by atoms with Gasteiger partial charge in [-0.25, -0.2) is 0 Å². The van der Waals surface area contributed by atoms with E-state index in [1.807, 2.05) is 0 Å². The van der Waals surface area contributed by atoms with Gasteiger partial charge in [0.05, 0.1) is 16.4 Å². The first-order valence-corrected chi connectivity index (χ1v) is 20.5. The van der Waals surface area contributed by atoms with Gasteiger partial charge < -0.3 is 9.47 Å². The largest absolute Gasteiger partial charge is 0.311 e. The molecule has 0 N–H and O–H groups in total. The molecule has 10 aromatic carbocycles. The number of para-hydroxylation sites is 3. The smallest absolute Gasteiger partial charge is 0.0725 e. The molecule has 0 aliphatic heterocycles. The lowest BCUT2D eigenvalue weighted by Gasteiger charge is -2.52. The molecule has 2 heteroatoms. The van der Waals surface area contributed by atoms with Crippen LogP contribution in [0.4, 0.5) is 17.1 Å². The molecule has 2 aliphatic carbocycles. The van der Waals surface area contributed by atoms with E-state index in [4.69, 9.17) is 0 Å². The van der Waals surface area contributed by atoms with Crippen LogP contribution in [0.5, 0.6) is 0 Å². The van der Waals surface area contributed by atoms with E-state index >= 15 is 0 Å². The highest BCUT2D eigenvalue weighted by atomic mass is 15.1. The number of benzene rings is 10. The van der Waals surface area contributed by atoms with Crippen LogP contribution in [-0.2, 0) is 5.41 Å². The highest BCUT2D eigenvalue weighted by Crippen LogP contribution is 2.65. The Morgan fingerprint density at radius 2 is 0.881 bits per heavy atom. The minimum Gasteiger partial charge on any atom is -0.311 e. The number of anilines is 3. The zero-order valence-electron chi connectivity index (χ0n) is 32.2. The van der Waals surface area contributed by atoms with Crippen LogP contribution < -0.4 is 4.90 Å². The fraction of sp³-hybridized carbons (Fsp3) is 0.0175. The molecule has 0 atom stereocenters. The maximum atomic E-state index is 2.39. The molecular formula is C57H36N2. The van der Waals surface area contributed by atoms with E-state index in [1.165, 1.54) is 93.5 Å². The molecule has 0 amide bonds. The molecule has 59 heavy (non-hydrogen) atoms. The second-order valence-electron chi connectivity index (χ2n) is 16.0. The van der Waals surface area contributed by atoms with Gasteiger partial charge in [0.1, 0.15) is 0 Å². The van der Waals surface area contributed by atoms with Gasteiger partial charge in [-0.3, -0.25) is 0 Å². The lowest BCUT2D eigenvalue weighted by Crippen LogP contribution is -2.43. The van der Waals surface area contributed by atoms with Gasteiger partial charge >= 0.3 is 0 Å². The van der Waals surface area contributed by atoms with Crippen LogP contribution in [0.15, 0.2) is 218 Å². The molecule has 1 heterocycles. The van der Waals surface area contributed by atoms with Crippen LogP contribution >= 0.6 is 0 Å². The van der Waals surface area contributed by atoms with Gasteiger partial charge in [-0.15, -0.1) is 0 Å². The summed E-state index contributed by atoms with van der Waals surface area (Å²) in [6.07, 6.45) is 0. The molecular weight excluding hydrogens is 713 g/mol. The third kappa shape index (κ3) is 4.40. The van der Waals surface area contributed by atoms with Gasteiger partial charge in [-0.05, 0) is 133 Å². The molecule has 0 fully saturated rings. The van der Waals surface area contributed by atoms with Crippen molar-refractivity contribution in [2.75, 3.05) is 4.90 Å². The SMILES string of the molecule is c1ccc(N(c2ccc(-c3ccc4c(c3)c3ccccc3n4-c3ccccc3)cc2)c2ccc(-c3ccc4c5c(cccc35)C43c4cccc5cccc3c45)cc2)cc1. The van der Waals surface area contributed by atoms with Crippen molar-refractivity contribution in [2.24, 2.45) is 0 Å². The van der Waals surface area contributed by atoms with Crippen molar-refractivity contribution in [3.8, 4) is 27.9 Å². The lowest BCUT2D eigenvalue weighted by molar-refractivity contribution is 0.701. The van der Waals surface area contributed by atoms with Crippen LogP contribution in [0.2, 0.25) is 0 Å². The Morgan fingerprint density at radius 1 is 0.339 bits per heavy atom. The highest BCUT2D eigenvalue weighted by molar-refractivity contribution is 6.14. The molecule has 0 radical (unpaired) electrons. The molecule has 0 unspecified atom stereocenters. The van der Waals surface area contributed by atoms with E-state index in [2.05, 4.69) is 228 Å². The number of fused-ring (bicyclic) bond motifs is 7. The van der Waals surface area contributed by atoms with E-state index in [-0.39, 0.29) is 5.41 Å². The van der Waals surface area contributed by atoms with Crippen LogP contribution in [-0.4, -0.2) is 4.57 Å². The molecule has 0 saturated carbocycles. The minimum atomic E-state index is -0.103. The molecule has 2 nitrogen and oxygen atoms in total. The number of hydrogen-bond donors (Lipinski definition) is 0. The third-order valence-electron chi connectivity index (χ3n) is 13.2. The van der Waals surface area contributed by atoms with Crippen LogP contribution in [0.3, 0.4) is 0 Å². The first kappa shape index (κ1) is 32.4. The zero-order valence-corrected chi connectivity index (χ0v) is 32.2. The van der Waals surface area contributed by atoms with Crippen molar-refractivity contribution in [1.82, 2.24) is 4.57 Å². The molecule has 11 aromatic rings. The van der Waals surface area contributed by atoms with Gasteiger partial charge in [0.15, 0.2) is 0 Å². The van der Waals surface area contributed by atoms with Crippen molar-refractivity contribution < 1.29 is 0 Å². The first-order valence-electron chi connectivity index (χ1n) is 20.5. The normalized spacial score (nSPS) is 13.2. The van der Waals surface area contributed by atoms with Gasteiger partial charge in [-0.2, -0.15) is 0 Å². The summed E-state index contributed by atoms with van der Waals surface area (Å²) in [6.45, 7) is 0. The summed E-state index contributed by atoms with van der Waals surface area (Å²) in [5.74, 6) is 0. The average Bonchev–Trinajstić information content (AvgIpc) is 3.63. The summed E-state index contributed by atoms with van der Waals surface area (Å²) in [5, 5.41) is 8.02. The monoisotopic (exact) mass is 748 g/mol. The zero-order chi connectivity index (χ0) is 38.7. The van der Waals surface area contributed by atoms with Crippen molar-refractivity contribution in [2.45, 2.75) is 5.41 Å². The number of nitrogens with zero attached hydrogens (tertiary/aromatic N) is 2. The summed E-state index contributed by atoms with van der Waals surface area (Å²) >= 11 is 0. The number of aromatic nitrogens is 1. The van der Waals surface area contributed by atoms with Gasteiger partial charge in [0.25, 0.3) is 0 Å². The maximum absolute atomic E-state index is 2.39. The predicted molar refractivity (Wildman–Crippen MR) is 247 cm³/mol. The van der Waals surface area contributed by atoms with E-state index in [9.17, 15) is 0 Å². The summed E-state index contributed by atoms with van der Waals surface area (Å²) in [4.78, 5) is 2.35. The fourth-order valence-electron chi connectivity index (χ4n) is 10.6. The van der Waals surface area contributed by atoms with Crippen molar-refractivity contribution in [1.29, 1.82) is 0 Å². The molecule has 274 valence electrons. The second-order valence-corrected chi connectivity index (χ2v) is 16.0. The molecule has 13 rings (SSSR count). The van der Waals surface area contributed by atoms with Gasteiger partial charge in [0.2, 0.25) is 0 Å². The summed E-state index contributed by atoms with van der Waals surface area (Å²) in [5.41, 5.74) is 17.5. The molecule has 0 saturated heterocycles. The summed E-state index contributed by atoms with van der Waals surface area (Å²) in [6, 6.07) is 80.3. The summed E-state index contributed by atoms with van der Waals surface area (Å²) in [7, 11) is 0.